The first kappa shape index (κ1) is 11.3. The molecule has 1 aliphatic rings. The molecule has 1 unspecified atom stereocenters. The lowest BCUT2D eigenvalue weighted by molar-refractivity contribution is 0.120. The summed E-state index contributed by atoms with van der Waals surface area (Å²) >= 11 is 0. The van der Waals surface area contributed by atoms with Crippen molar-refractivity contribution in [3.63, 3.8) is 0 Å². The monoisotopic (exact) mass is 200 g/mol. The van der Waals surface area contributed by atoms with Gasteiger partial charge in [0.05, 0.1) is 6.04 Å². The molecule has 0 aromatic rings. The average molecular weight is 200 g/mol. The highest BCUT2D eigenvalue weighted by Gasteiger charge is 2.39. The molecule has 14 heavy (non-hydrogen) atoms. The third-order valence-electron chi connectivity index (χ3n) is 2.41. The van der Waals surface area contributed by atoms with Crippen molar-refractivity contribution in [1.82, 2.24) is 10.2 Å². The van der Waals surface area contributed by atoms with E-state index in [0.29, 0.717) is 6.61 Å². The number of nitrogens with zero attached hydrogens (tertiary/aromatic N) is 1. The summed E-state index contributed by atoms with van der Waals surface area (Å²) in [7, 11) is 1.92. The van der Waals surface area contributed by atoms with Gasteiger partial charge in [-0.25, -0.2) is 4.79 Å². The third kappa shape index (κ3) is 2.38. The second-order valence-electron chi connectivity index (χ2n) is 4.66. The van der Waals surface area contributed by atoms with Crippen molar-refractivity contribution in [2.45, 2.75) is 38.8 Å². The van der Waals surface area contributed by atoms with E-state index in [0.717, 1.165) is 13.0 Å². The molecule has 1 atom stereocenters. The zero-order valence-electron chi connectivity index (χ0n) is 9.46. The Balaban J connectivity index is 2.62. The van der Waals surface area contributed by atoms with Gasteiger partial charge in [-0.1, -0.05) is 0 Å². The zero-order valence-corrected chi connectivity index (χ0v) is 9.46. The summed E-state index contributed by atoms with van der Waals surface area (Å²) in [6.07, 6.45) is 0.762. The lowest BCUT2D eigenvalue weighted by atomic mass is 10.0. The molecular formula is C10H20N2O2. The Morgan fingerprint density at radius 2 is 2.21 bits per heavy atom. The van der Waals surface area contributed by atoms with E-state index >= 15 is 0 Å². The molecule has 1 aliphatic heterocycles. The van der Waals surface area contributed by atoms with E-state index in [4.69, 9.17) is 4.74 Å². The number of hydrogen-bond donors (Lipinski definition) is 1. The van der Waals surface area contributed by atoms with Crippen LogP contribution in [0.2, 0.25) is 0 Å². The number of carbonyl (C=O) groups excluding carboxylic acids is 1. The Bertz CT molecular complexity index is 211. The molecule has 1 saturated heterocycles. The molecule has 1 heterocycles. The maximum atomic E-state index is 11.5. The van der Waals surface area contributed by atoms with Gasteiger partial charge in [-0.3, -0.25) is 4.90 Å². The number of amides is 1. The Morgan fingerprint density at radius 3 is 2.71 bits per heavy atom. The number of nitrogens with one attached hydrogen (secondary N) is 1. The minimum atomic E-state index is -0.182. The molecule has 1 rings (SSSR count). The first-order valence-corrected chi connectivity index (χ1v) is 5.07. The number of ether oxygens (including phenoxy) is 1. The Labute approximate surface area is 85.6 Å². The number of hydrogen-bond acceptors (Lipinski definition) is 3. The molecule has 0 saturated carbocycles. The maximum Gasteiger partial charge on any atom is 0.410 e. The highest BCUT2D eigenvalue weighted by Crippen LogP contribution is 2.25. The molecule has 4 nitrogen and oxygen atoms in total. The van der Waals surface area contributed by atoms with E-state index in [1.54, 1.807) is 0 Å². The van der Waals surface area contributed by atoms with Crippen LogP contribution >= 0.6 is 0 Å². The van der Waals surface area contributed by atoms with E-state index in [9.17, 15) is 4.79 Å². The van der Waals surface area contributed by atoms with Crippen LogP contribution < -0.4 is 5.32 Å². The predicted octanol–water partition coefficient (Wildman–Crippen LogP) is 1.22. The van der Waals surface area contributed by atoms with E-state index in [1.165, 1.54) is 0 Å². The summed E-state index contributed by atoms with van der Waals surface area (Å²) in [5.74, 6) is 0. The fraction of sp³-hybridized carbons (Fsp3) is 0.900. The summed E-state index contributed by atoms with van der Waals surface area (Å²) < 4.78 is 5.06. The SMILES string of the molecule is CNCCC1COC(=O)N1C(C)(C)C. The molecule has 0 aliphatic carbocycles. The van der Waals surface area contributed by atoms with Gasteiger partial charge in [0, 0.05) is 5.54 Å². The van der Waals surface area contributed by atoms with Crippen molar-refractivity contribution in [2.24, 2.45) is 0 Å². The molecule has 1 amide bonds. The first-order valence-electron chi connectivity index (χ1n) is 5.07. The van der Waals surface area contributed by atoms with E-state index in [2.05, 4.69) is 5.32 Å². The largest absolute Gasteiger partial charge is 0.447 e. The van der Waals surface area contributed by atoms with Crippen molar-refractivity contribution >= 4 is 6.09 Å². The molecule has 0 bridgehead atoms. The topological polar surface area (TPSA) is 41.6 Å². The molecule has 1 N–H and O–H groups in total. The highest BCUT2D eigenvalue weighted by molar-refractivity contribution is 5.71. The van der Waals surface area contributed by atoms with Gasteiger partial charge in [-0.2, -0.15) is 0 Å². The van der Waals surface area contributed by atoms with Crippen LogP contribution in [-0.4, -0.2) is 42.8 Å². The number of cyclic esters (lactones) is 1. The lowest BCUT2D eigenvalue weighted by Gasteiger charge is -2.34. The highest BCUT2D eigenvalue weighted by atomic mass is 16.6. The Kier molecular flexibility index (Phi) is 3.37. The Morgan fingerprint density at radius 1 is 1.57 bits per heavy atom. The summed E-state index contributed by atoms with van der Waals surface area (Å²) in [6.45, 7) is 7.54. The second kappa shape index (κ2) is 4.17. The maximum absolute atomic E-state index is 11.5. The fourth-order valence-corrected chi connectivity index (χ4v) is 1.81. The molecule has 0 spiro atoms. The van der Waals surface area contributed by atoms with Gasteiger partial charge < -0.3 is 10.1 Å². The van der Waals surface area contributed by atoms with Gasteiger partial charge in [0.1, 0.15) is 6.61 Å². The normalized spacial score (nSPS) is 22.7. The summed E-state index contributed by atoms with van der Waals surface area (Å²) in [6, 6.07) is 0.218. The number of rotatable bonds is 3. The summed E-state index contributed by atoms with van der Waals surface area (Å²) in [4.78, 5) is 13.3. The molecular weight excluding hydrogens is 180 g/mol. The van der Waals surface area contributed by atoms with Gasteiger partial charge in [-0.15, -0.1) is 0 Å². The van der Waals surface area contributed by atoms with E-state index in [-0.39, 0.29) is 17.7 Å². The minimum absolute atomic E-state index is 0.147. The number of carbonyl (C=O) groups is 1. The van der Waals surface area contributed by atoms with Gasteiger partial charge >= 0.3 is 6.09 Å². The minimum Gasteiger partial charge on any atom is -0.447 e. The van der Waals surface area contributed by atoms with Crippen LogP contribution in [0, 0.1) is 0 Å². The summed E-state index contributed by atoms with van der Waals surface area (Å²) in [5.41, 5.74) is -0.147. The van der Waals surface area contributed by atoms with Crippen LogP contribution in [0.5, 0.6) is 0 Å². The van der Waals surface area contributed by atoms with E-state index < -0.39 is 0 Å². The predicted molar refractivity (Wildman–Crippen MR) is 55.3 cm³/mol. The smallest absolute Gasteiger partial charge is 0.410 e. The van der Waals surface area contributed by atoms with Crippen molar-refractivity contribution < 1.29 is 9.53 Å². The Hall–Kier alpha value is -0.770. The van der Waals surface area contributed by atoms with Crippen LogP contribution in [-0.2, 0) is 4.74 Å². The van der Waals surface area contributed by atoms with Crippen LogP contribution in [0.25, 0.3) is 0 Å². The standard InChI is InChI=1S/C10H20N2O2/c1-10(2,3)12-8(5-6-11-4)7-14-9(12)13/h8,11H,5-7H2,1-4H3. The average Bonchev–Trinajstić information content (AvgIpc) is 2.42. The van der Waals surface area contributed by atoms with Crippen molar-refractivity contribution in [2.75, 3.05) is 20.2 Å². The van der Waals surface area contributed by atoms with Crippen LogP contribution in [0.15, 0.2) is 0 Å². The van der Waals surface area contributed by atoms with Crippen LogP contribution in [0.3, 0.4) is 0 Å². The third-order valence-corrected chi connectivity index (χ3v) is 2.41. The molecule has 0 radical (unpaired) electrons. The zero-order chi connectivity index (χ0) is 10.8. The molecule has 1 fully saturated rings. The molecule has 4 heteroatoms. The second-order valence-corrected chi connectivity index (χ2v) is 4.66. The van der Waals surface area contributed by atoms with E-state index in [1.807, 2.05) is 32.7 Å². The van der Waals surface area contributed by atoms with Crippen molar-refractivity contribution in [3.05, 3.63) is 0 Å². The first-order chi connectivity index (χ1) is 6.46. The van der Waals surface area contributed by atoms with Gasteiger partial charge in [-0.05, 0) is 40.8 Å². The van der Waals surface area contributed by atoms with Gasteiger partial charge in [0.2, 0.25) is 0 Å². The van der Waals surface area contributed by atoms with Gasteiger partial charge in [0.25, 0.3) is 0 Å². The molecule has 0 aromatic carbocycles. The molecule has 82 valence electrons. The van der Waals surface area contributed by atoms with Crippen LogP contribution in [0.4, 0.5) is 4.79 Å². The summed E-state index contributed by atoms with van der Waals surface area (Å²) in [5, 5.41) is 3.09. The lowest BCUT2D eigenvalue weighted by Crippen LogP contribution is -2.47. The van der Waals surface area contributed by atoms with Crippen molar-refractivity contribution in [3.8, 4) is 0 Å². The van der Waals surface area contributed by atoms with Crippen molar-refractivity contribution in [1.29, 1.82) is 0 Å². The van der Waals surface area contributed by atoms with Crippen LogP contribution in [0.1, 0.15) is 27.2 Å². The quantitative estimate of drug-likeness (QED) is 0.744. The molecule has 0 aromatic heterocycles. The fourth-order valence-electron chi connectivity index (χ4n) is 1.81. The van der Waals surface area contributed by atoms with Gasteiger partial charge in [0.15, 0.2) is 0 Å².